The highest BCUT2D eigenvalue weighted by atomic mass is 33.1. The van der Waals surface area contributed by atoms with Gasteiger partial charge in [0.2, 0.25) is 5.91 Å². The zero-order valence-corrected chi connectivity index (χ0v) is 24.1. The van der Waals surface area contributed by atoms with Crippen LogP contribution in [0.1, 0.15) is 57.8 Å². The number of ether oxygens (including phenoxy) is 3. The third-order valence-corrected chi connectivity index (χ3v) is 7.05. The van der Waals surface area contributed by atoms with E-state index in [-0.39, 0.29) is 37.6 Å². The summed E-state index contributed by atoms with van der Waals surface area (Å²) in [6, 6.07) is 7.16. The number of benzene rings is 1. The molecule has 1 aromatic rings. The summed E-state index contributed by atoms with van der Waals surface area (Å²) < 4.78 is 17.4. The maximum Gasteiger partial charge on any atom is 0.251 e. The van der Waals surface area contributed by atoms with E-state index in [1.807, 2.05) is 39.2 Å². The lowest BCUT2D eigenvalue weighted by atomic mass is 10.1. The largest absolute Gasteiger partial charge is 0.490 e. The lowest BCUT2D eigenvalue weighted by molar-refractivity contribution is -0.126. The van der Waals surface area contributed by atoms with Crippen molar-refractivity contribution in [3.05, 3.63) is 29.8 Å². The van der Waals surface area contributed by atoms with Gasteiger partial charge in [0.25, 0.3) is 5.91 Å². The summed E-state index contributed by atoms with van der Waals surface area (Å²) in [6.45, 7) is 12.1. The molecule has 202 valence electrons. The van der Waals surface area contributed by atoms with Crippen LogP contribution >= 0.6 is 21.6 Å². The van der Waals surface area contributed by atoms with Crippen LogP contribution in [0.5, 0.6) is 5.75 Å². The van der Waals surface area contributed by atoms with Crippen LogP contribution in [0, 0.1) is 23.7 Å². The predicted octanol–water partition coefficient (Wildman–Crippen LogP) is 4.77. The number of hydrogen-bond acceptors (Lipinski definition) is 7. The number of carbonyl (C=O) groups is 2. The van der Waals surface area contributed by atoms with E-state index >= 15 is 0 Å². The highest BCUT2D eigenvalue weighted by Crippen LogP contribution is 2.35. The first kappa shape index (κ1) is 32.2. The van der Waals surface area contributed by atoms with Gasteiger partial charge in [-0.15, -0.1) is 0 Å². The molecule has 2 amide bonds. The molecule has 0 saturated heterocycles. The number of carbonyl (C=O) groups excluding carboxylic acids is 2. The van der Waals surface area contributed by atoms with Crippen LogP contribution < -0.4 is 15.4 Å². The molecule has 0 unspecified atom stereocenters. The van der Waals surface area contributed by atoms with Gasteiger partial charge in [0.15, 0.2) is 4.93 Å². The third-order valence-electron chi connectivity index (χ3n) is 4.73. The Morgan fingerprint density at radius 2 is 1.92 bits per heavy atom. The van der Waals surface area contributed by atoms with Crippen LogP contribution in [0.4, 0.5) is 0 Å². The fraction of sp³-hybridized carbons (Fsp3) is 0.630. The van der Waals surface area contributed by atoms with E-state index in [0.717, 1.165) is 12.8 Å². The van der Waals surface area contributed by atoms with Crippen LogP contribution in [0.2, 0.25) is 0 Å². The second kappa shape index (κ2) is 18.4. The van der Waals surface area contributed by atoms with E-state index in [2.05, 4.69) is 36.3 Å². The molecule has 7 nitrogen and oxygen atoms in total. The fourth-order valence-corrected chi connectivity index (χ4v) is 4.89. The molecule has 1 rings (SSSR count). The Kier molecular flexibility index (Phi) is 16.4. The molecule has 0 aromatic heterocycles. The normalized spacial score (nSPS) is 12.6. The van der Waals surface area contributed by atoms with Crippen LogP contribution in [-0.4, -0.2) is 62.5 Å². The summed E-state index contributed by atoms with van der Waals surface area (Å²) in [5.74, 6) is 7.09. The van der Waals surface area contributed by atoms with E-state index in [1.54, 1.807) is 33.7 Å². The summed E-state index contributed by atoms with van der Waals surface area (Å²) in [7, 11) is 3.12. The molecule has 0 aliphatic heterocycles. The van der Waals surface area contributed by atoms with Gasteiger partial charge in [-0.05, 0) is 50.1 Å². The number of nitrogens with one attached hydrogen (secondary N) is 2. The highest BCUT2D eigenvalue weighted by Gasteiger charge is 2.27. The molecule has 36 heavy (non-hydrogen) atoms. The first-order valence-corrected chi connectivity index (χ1v) is 14.9. The van der Waals surface area contributed by atoms with Crippen LogP contribution in [0.3, 0.4) is 0 Å². The molecule has 0 bridgehead atoms. The lowest BCUT2D eigenvalue weighted by Gasteiger charge is -2.28. The Morgan fingerprint density at radius 1 is 1.14 bits per heavy atom. The molecule has 0 saturated carbocycles. The highest BCUT2D eigenvalue weighted by molar-refractivity contribution is 8.76. The minimum absolute atomic E-state index is 0.0398. The molecule has 0 heterocycles. The molecule has 1 atom stereocenters. The van der Waals surface area contributed by atoms with E-state index in [9.17, 15) is 9.59 Å². The Balaban J connectivity index is 2.44. The Labute approximate surface area is 225 Å². The molecule has 2 N–H and O–H groups in total. The second-order valence-electron chi connectivity index (χ2n) is 9.15. The van der Waals surface area contributed by atoms with Gasteiger partial charge in [0.1, 0.15) is 19.0 Å². The summed E-state index contributed by atoms with van der Waals surface area (Å²) in [5.41, 5.74) is 0.569. The lowest BCUT2D eigenvalue weighted by Crippen LogP contribution is -2.33. The van der Waals surface area contributed by atoms with Crippen molar-refractivity contribution in [2.45, 2.75) is 52.4 Å². The number of rotatable bonds is 17. The van der Waals surface area contributed by atoms with Crippen molar-refractivity contribution < 1.29 is 23.8 Å². The van der Waals surface area contributed by atoms with Crippen molar-refractivity contribution in [3.8, 4) is 17.6 Å². The first-order chi connectivity index (χ1) is 17.1. The van der Waals surface area contributed by atoms with Gasteiger partial charge < -0.3 is 24.8 Å². The summed E-state index contributed by atoms with van der Waals surface area (Å²) >= 11 is 0. The summed E-state index contributed by atoms with van der Waals surface area (Å²) in [4.78, 5) is 23.6. The predicted molar refractivity (Wildman–Crippen MR) is 150 cm³/mol. The topological polar surface area (TPSA) is 85.9 Å². The number of amides is 2. The van der Waals surface area contributed by atoms with Gasteiger partial charge >= 0.3 is 0 Å². The van der Waals surface area contributed by atoms with Crippen LogP contribution in [0.25, 0.3) is 0 Å². The Hall–Kier alpha value is -1.86. The van der Waals surface area contributed by atoms with Crippen LogP contribution in [0.15, 0.2) is 24.3 Å². The summed E-state index contributed by atoms with van der Waals surface area (Å²) in [5, 5.41) is 5.67. The number of hydrogen-bond donors (Lipinski definition) is 2. The molecule has 9 heteroatoms. The molecule has 0 spiro atoms. The van der Waals surface area contributed by atoms with E-state index in [1.165, 1.54) is 0 Å². The van der Waals surface area contributed by atoms with Gasteiger partial charge in [-0.25, -0.2) is 0 Å². The quantitative estimate of drug-likeness (QED) is 0.128. The molecular weight excluding hydrogens is 496 g/mol. The van der Waals surface area contributed by atoms with Gasteiger partial charge in [0.05, 0.1) is 19.8 Å². The SMILES string of the molecule is CSS[C@](C)(COc1cccc(C(=O)NCCCC(C)C)c1)OCCOCC(=O)NCC#CC(C)C. The van der Waals surface area contributed by atoms with Crippen molar-refractivity contribution in [1.29, 1.82) is 0 Å². The maximum absolute atomic E-state index is 12.4. The van der Waals surface area contributed by atoms with Crippen molar-refractivity contribution in [1.82, 2.24) is 10.6 Å². The average Bonchev–Trinajstić information content (AvgIpc) is 2.83. The van der Waals surface area contributed by atoms with E-state index in [0.29, 0.717) is 36.9 Å². The van der Waals surface area contributed by atoms with Crippen molar-refractivity contribution >= 4 is 33.4 Å². The zero-order chi connectivity index (χ0) is 26.8. The molecule has 0 aliphatic carbocycles. The third kappa shape index (κ3) is 15.3. The Morgan fingerprint density at radius 3 is 2.61 bits per heavy atom. The second-order valence-corrected chi connectivity index (χ2v) is 12.0. The average molecular weight is 539 g/mol. The zero-order valence-electron chi connectivity index (χ0n) is 22.5. The van der Waals surface area contributed by atoms with Gasteiger partial charge in [0, 0.05) is 18.0 Å². The molecule has 0 aliphatic rings. The molecule has 1 aromatic carbocycles. The Bertz CT molecular complexity index is 854. The van der Waals surface area contributed by atoms with E-state index < -0.39 is 4.93 Å². The minimum Gasteiger partial charge on any atom is -0.490 e. The summed E-state index contributed by atoms with van der Waals surface area (Å²) in [6.07, 6.45) is 4.02. The fourth-order valence-electron chi connectivity index (χ4n) is 2.95. The van der Waals surface area contributed by atoms with Crippen molar-refractivity contribution in [3.63, 3.8) is 0 Å². The van der Waals surface area contributed by atoms with Crippen molar-refractivity contribution in [2.24, 2.45) is 11.8 Å². The molecular formula is C27H42N2O5S2. The van der Waals surface area contributed by atoms with Gasteiger partial charge in [-0.1, -0.05) is 67.2 Å². The van der Waals surface area contributed by atoms with Crippen LogP contribution in [-0.2, 0) is 14.3 Å². The smallest absolute Gasteiger partial charge is 0.251 e. The standard InChI is InChI=1S/C27H42N2O5S2/c1-21(2)10-8-14-28-25(30)19-32-16-17-34-27(5,36-35-6)20-33-24-13-7-12-23(18-24)26(31)29-15-9-11-22(3)4/h7,12-13,18,21-22H,9,11,14-17,19-20H2,1-6H3,(H,28,30)(H,29,31)/t27-/m1/s1. The van der Waals surface area contributed by atoms with Gasteiger partial charge in [-0.2, -0.15) is 0 Å². The molecule has 0 radical (unpaired) electrons. The molecule has 0 fully saturated rings. The van der Waals surface area contributed by atoms with Crippen molar-refractivity contribution in [2.75, 3.05) is 45.8 Å². The monoisotopic (exact) mass is 538 g/mol. The van der Waals surface area contributed by atoms with E-state index in [4.69, 9.17) is 14.2 Å². The van der Waals surface area contributed by atoms with Gasteiger partial charge in [-0.3, -0.25) is 9.59 Å². The minimum atomic E-state index is -0.632. The first-order valence-electron chi connectivity index (χ1n) is 12.3. The maximum atomic E-state index is 12.4.